The van der Waals surface area contributed by atoms with Crippen molar-refractivity contribution in [2.24, 2.45) is 11.8 Å². The van der Waals surface area contributed by atoms with Crippen LogP contribution in [0.15, 0.2) is 0 Å². The van der Waals surface area contributed by atoms with Crippen molar-refractivity contribution in [1.29, 1.82) is 0 Å². The molecule has 3 nitrogen and oxygen atoms in total. The Morgan fingerprint density at radius 3 is 2.53 bits per heavy atom. The highest BCUT2D eigenvalue weighted by Gasteiger charge is 2.44. The van der Waals surface area contributed by atoms with Gasteiger partial charge < -0.3 is 5.11 Å². The first kappa shape index (κ1) is 10.9. The Kier molecular flexibility index (Phi) is 3.01. The van der Waals surface area contributed by atoms with Crippen LogP contribution in [0, 0.1) is 11.8 Å². The normalized spacial score (nSPS) is 36.9. The fourth-order valence-corrected chi connectivity index (χ4v) is 3.11. The van der Waals surface area contributed by atoms with Gasteiger partial charge in [-0.1, -0.05) is 13.8 Å². The van der Waals surface area contributed by atoms with E-state index in [1.807, 2.05) is 0 Å². The molecule has 1 aliphatic carbocycles. The molecule has 0 radical (unpaired) electrons. The molecule has 0 aromatic heterocycles. The van der Waals surface area contributed by atoms with Gasteiger partial charge in [0.25, 0.3) is 0 Å². The largest absolute Gasteiger partial charge is 0.481 e. The molecule has 15 heavy (non-hydrogen) atoms. The summed E-state index contributed by atoms with van der Waals surface area (Å²) in [4.78, 5) is 13.5. The molecule has 1 saturated carbocycles. The number of aliphatic carboxylic acids is 1. The second-order valence-corrected chi connectivity index (χ2v) is 5.28. The predicted octanol–water partition coefficient (Wildman–Crippen LogP) is 1.97. The number of nitrogens with zero attached hydrogens (tertiary/aromatic N) is 1. The molecule has 0 spiro atoms. The Bertz CT molecular complexity index is 252. The lowest BCUT2D eigenvalue weighted by molar-refractivity contribution is -0.149. The lowest BCUT2D eigenvalue weighted by atomic mass is 9.77. The summed E-state index contributed by atoms with van der Waals surface area (Å²) in [6, 6.07) is 0.953. The van der Waals surface area contributed by atoms with Crippen LogP contribution < -0.4 is 0 Å². The molecule has 1 saturated heterocycles. The van der Waals surface area contributed by atoms with Crippen LogP contribution in [0.2, 0.25) is 0 Å². The van der Waals surface area contributed by atoms with Crippen molar-refractivity contribution in [2.75, 3.05) is 6.54 Å². The first-order chi connectivity index (χ1) is 7.11. The average Bonchev–Trinajstić information content (AvgIpc) is 2.49. The number of likely N-dealkylation sites (tertiary alicyclic amines) is 1. The third-order valence-corrected chi connectivity index (χ3v) is 4.09. The van der Waals surface area contributed by atoms with Crippen molar-refractivity contribution in [1.82, 2.24) is 4.90 Å². The number of hydrogen-bond donors (Lipinski definition) is 1. The van der Waals surface area contributed by atoms with Gasteiger partial charge in [0.15, 0.2) is 0 Å². The lowest BCUT2D eigenvalue weighted by Crippen LogP contribution is -2.53. The van der Waals surface area contributed by atoms with Crippen LogP contribution in [0.25, 0.3) is 0 Å². The van der Waals surface area contributed by atoms with Crippen molar-refractivity contribution >= 4 is 5.97 Å². The van der Waals surface area contributed by atoms with Crippen LogP contribution in [0.4, 0.5) is 0 Å². The number of hydrogen-bond acceptors (Lipinski definition) is 2. The molecular formula is C12H21NO2. The van der Waals surface area contributed by atoms with Gasteiger partial charge in [-0.25, -0.2) is 0 Å². The number of carbonyl (C=O) groups is 1. The molecule has 1 N–H and O–H groups in total. The standard InChI is InChI=1S/C12H21NO2/c1-8(2)10-4-3-7-13(10)11-6-5-9(11)12(14)15/h8-11H,3-7H2,1-2H3,(H,14,15). The first-order valence-corrected chi connectivity index (χ1v) is 6.10. The highest BCUT2D eigenvalue weighted by molar-refractivity contribution is 5.72. The van der Waals surface area contributed by atoms with Crippen LogP contribution in [0.1, 0.15) is 39.5 Å². The van der Waals surface area contributed by atoms with Gasteiger partial charge in [0, 0.05) is 12.1 Å². The van der Waals surface area contributed by atoms with Crippen LogP contribution in [0.3, 0.4) is 0 Å². The van der Waals surface area contributed by atoms with Gasteiger partial charge in [0.05, 0.1) is 5.92 Å². The van der Waals surface area contributed by atoms with Crippen molar-refractivity contribution < 1.29 is 9.90 Å². The fraction of sp³-hybridized carbons (Fsp3) is 0.917. The monoisotopic (exact) mass is 211 g/mol. The van der Waals surface area contributed by atoms with Crippen molar-refractivity contribution in [3.63, 3.8) is 0 Å². The number of rotatable bonds is 3. The maximum atomic E-state index is 11.0. The highest BCUT2D eigenvalue weighted by Crippen LogP contribution is 2.38. The SMILES string of the molecule is CC(C)C1CCCN1C1CCC1C(=O)O. The summed E-state index contributed by atoms with van der Waals surface area (Å²) in [6.07, 6.45) is 4.45. The van der Waals surface area contributed by atoms with Crippen molar-refractivity contribution in [3.05, 3.63) is 0 Å². The minimum Gasteiger partial charge on any atom is -0.481 e. The minimum atomic E-state index is -0.597. The van der Waals surface area contributed by atoms with Crippen LogP contribution in [-0.2, 0) is 4.79 Å². The van der Waals surface area contributed by atoms with E-state index in [0.717, 1.165) is 19.4 Å². The molecular weight excluding hydrogens is 190 g/mol. The quantitative estimate of drug-likeness (QED) is 0.776. The van der Waals surface area contributed by atoms with Gasteiger partial charge in [-0.15, -0.1) is 0 Å². The zero-order chi connectivity index (χ0) is 11.0. The molecule has 0 bridgehead atoms. The second-order valence-electron chi connectivity index (χ2n) is 5.28. The molecule has 0 aromatic carbocycles. The minimum absolute atomic E-state index is 0.0932. The summed E-state index contributed by atoms with van der Waals surface area (Å²) >= 11 is 0. The van der Waals surface area contributed by atoms with Gasteiger partial charge >= 0.3 is 5.97 Å². The van der Waals surface area contributed by atoms with Gasteiger partial charge in [0.2, 0.25) is 0 Å². The maximum absolute atomic E-state index is 11.0. The van der Waals surface area contributed by atoms with Crippen LogP contribution in [0.5, 0.6) is 0 Å². The molecule has 0 amide bonds. The van der Waals surface area contributed by atoms with Gasteiger partial charge in [-0.05, 0) is 38.1 Å². The molecule has 2 fully saturated rings. The van der Waals surface area contributed by atoms with E-state index in [4.69, 9.17) is 5.11 Å². The summed E-state index contributed by atoms with van der Waals surface area (Å²) in [5.41, 5.74) is 0. The maximum Gasteiger partial charge on any atom is 0.308 e. The van der Waals surface area contributed by atoms with Crippen LogP contribution >= 0.6 is 0 Å². The summed E-state index contributed by atoms with van der Waals surface area (Å²) in [7, 11) is 0. The molecule has 1 aliphatic heterocycles. The van der Waals surface area contributed by atoms with Crippen molar-refractivity contribution in [3.8, 4) is 0 Å². The van der Waals surface area contributed by atoms with E-state index in [9.17, 15) is 4.79 Å². The molecule has 3 heteroatoms. The summed E-state index contributed by atoms with van der Waals surface area (Å²) in [5, 5.41) is 9.06. The van der Waals surface area contributed by atoms with Gasteiger partial charge in [-0.2, -0.15) is 0 Å². The van der Waals surface area contributed by atoms with E-state index in [1.165, 1.54) is 12.8 Å². The second kappa shape index (κ2) is 4.12. The summed E-state index contributed by atoms with van der Waals surface area (Å²) in [5.74, 6) is -0.0347. The Hall–Kier alpha value is -0.570. The molecule has 0 aromatic rings. The third-order valence-electron chi connectivity index (χ3n) is 4.09. The highest BCUT2D eigenvalue weighted by atomic mass is 16.4. The Labute approximate surface area is 91.5 Å². The average molecular weight is 211 g/mol. The van der Waals surface area contributed by atoms with E-state index < -0.39 is 5.97 Å². The lowest BCUT2D eigenvalue weighted by Gasteiger charge is -2.44. The topological polar surface area (TPSA) is 40.5 Å². The third kappa shape index (κ3) is 1.89. The fourth-order valence-electron chi connectivity index (χ4n) is 3.11. The molecule has 2 aliphatic rings. The van der Waals surface area contributed by atoms with E-state index in [-0.39, 0.29) is 5.92 Å². The molecule has 3 unspecified atom stereocenters. The molecule has 1 heterocycles. The van der Waals surface area contributed by atoms with E-state index in [1.54, 1.807) is 0 Å². The van der Waals surface area contributed by atoms with Gasteiger partial charge in [-0.3, -0.25) is 9.69 Å². The van der Waals surface area contributed by atoms with E-state index >= 15 is 0 Å². The Balaban J connectivity index is 2.01. The smallest absolute Gasteiger partial charge is 0.308 e. The van der Waals surface area contributed by atoms with Gasteiger partial charge in [0.1, 0.15) is 0 Å². The van der Waals surface area contributed by atoms with E-state index in [2.05, 4.69) is 18.7 Å². The number of carboxylic acids is 1. The first-order valence-electron chi connectivity index (χ1n) is 6.10. The van der Waals surface area contributed by atoms with Crippen molar-refractivity contribution in [2.45, 2.75) is 51.6 Å². The Morgan fingerprint density at radius 2 is 2.07 bits per heavy atom. The zero-order valence-corrected chi connectivity index (χ0v) is 9.65. The predicted molar refractivity (Wildman–Crippen MR) is 58.7 cm³/mol. The molecule has 2 rings (SSSR count). The summed E-state index contributed by atoms with van der Waals surface area (Å²) in [6.45, 7) is 5.60. The van der Waals surface area contributed by atoms with E-state index in [0.29, 0.717) is 18.0 Å². The molecule has 86 valence electrons. The number of carboxylic acid groups (broad SMARTS) is 1. The Morgan fingerprint density at radius 1 is 1.33 bits per heavy atom. The molecule has 3 atom stereocenters. The summed E-state index contributed by atoms with van der Waals surface area (Å²) < 4.78 is 0. The zero-order valence-electron chi connectivity index (χ0n) is 9.65. The van der Waals surface area contributed by atoms with Crippen LogP contribution in [-0.4, -0.2) is 34.6 Å².